The summed E-state index contributed by atoms with van der Waals surface area (Å²) in [7, 11) is 3.28. The van der Waals surface area contributed by atoms with Gasteiger partial charge in [-0.15, -0.1) is 22.7 Å². The summed E-state index contributed by atoms with van der Waals surface area (Å²) < 4.78 is 50.2. The number of hydrogen-bond donors (Lipinski definition) is 4. The second-order valence-electron chi connectivity index (χ2n) is 16.0. The number of aromatic nitrogens is 6. The van der Waals surface area contributed by atoms with Gasteiger partial charge in [0.2, 0.25) is 0 Å². The molecule has 0 aliphatic heterocycles. The average Bonchev–Trinajstić information content (AvgIpc) is 3.99. The number of anilines is 4. The van der Waals surface area contributed by atoms with E-state index in [1.807, 2.05) is 43.3 Å². The van der Waals surface area contributed by atoms with E-state index in [0.717, 1.165) is 71.2 Å². The first-order valence-electron chi connectivity index (χ1n) is 24.6. The predicted molar refractivity (Wildman–Crippen MR) is 298 cm³/mol. The number of hydrogen-bond acceptors (Lipinski definition) is 23. The van der Waals surface area contributed by atoms with Gasteiger partial charge in [-0.1, -0.05) is 57.1 Å². The number of thiazole rings is 2. The molecule has 23 heteroatoms. The third-order valence-corrected chi connectivity index (χ3v) is 14.2. The van der Waals surface area contributed by atoms with Crippen molar-refractivity contribution in [2.45, 2.75) is 81.6 Å². The summed E-state index contributed by atoms with van der Waals surface area (Å²) in [6, 6.07) is 14.9. The summed E-state index contributed by atoms with van der Waals surface area (Å²) >= 11 is 6.34. The molecule has 0 atom stereocenters. The molecule has 0 amide bonds. The van der Waals surface area contributed by atoms with Gasteiger partial charge in [0.25, 0.3) is 0 Å². The zero-order valence-corrected chi connectivity index (χ0v) is 46.6. The van der Waals surface area contributed by atoms with Crippen LogP contribution >= 0.6 is 46.2 Å². The second kappa shape index (κ2) is 33.6. The topological polar surface area (TPSA) is 264 Å². The van der Waals surface area contributed by atoms with Crippen LogP contribution in [0, 0.1) is 0 Å². The van der Waals surface area contributed by atoms with Crippen LogP contribution in [0.4, 0.5) is 23.3 Å². The highest BCUT2D eigenvalue weighted by molar-refractivity contribution is 7.98. The fraction of sp³-hybridized carbons (Fsp3) is 0.490. The maximum atomic E-state index is 5.97. The van der Waals surface area contributed by atoms with Crippen LogP contribution in [0.3, 0.4) is 0 Å². The number of rotatable bonds is 34. The Morgan fingerprint density at radius 3 is 1.30 bits per heavy atom. The van der Waals surface area contributed by atoms with Gasteiger partial charge in [0.15, 0.2) is 33.3 Å². The van der Waals surface area contributed by atoms with Gasteiger partial charge in [-0.25, -0.2) is 29.9 Å². The number of methoxy groups -OCH3 is 2. The Balaban J connectivity index is 0.000000274. The molecule has 0 aliphatic rings. The third kappa shape index (κ3) is 20.5. The molecule has 0 aliphatic carbocycles. The standard InChI is InChI=1S/C26H37N5O5S2.C25H35N5O4S2/c1-4-6-22-19(17-37-26-30-23(27)16-24(28)31-26)29-25(38-22)18-7-8-20(21(15-18)35-5-2)36-14-13-34-12-11-33-10-9-32-3;1-4-6-21-18(16-35-25-29-22(26)15-23(27)30-25)28-24(36-21)17-7-8-19(31-3)20(14-17)34-13-12-33-11-10-32-9-5-2/h7-8,15-16H,4-6,9-14,17H2,1-3H3,(H4,27,28,30,31);7-8,14-15H,4-6,9-13,16H2,1-3H3,(H4,26,27,29,30). The Labute approximate surface area is 451 Å². The fourth-order valence-electron chi connectivity index (χ4n) is 6.71. The molecule has 4 aromatic heterocycles. The number of aryl methyl sites for hydroxylation is 2. The van der Waals surface area contributed by atoms with Crippen molar-refractivity contribution in [3.05, 3.63) is 69.7 Å². The minimum atomic E-state index is 0.358. The van der Waals surface area contributed by atoms with Crippen molar-refractivity contribution >= 4 is 69.5 Å². The van der Waals surface area contributed by atoms with E-state index in [-0.39, 0.29) is 0 Å². The summed E-state index contributed by atoms with van der Waals surface area (Å²) in [5, 5.41) is 2.95. The van der Waals surface area contributed by atoms with Crippen molar-refractivity contribution < 1.29 is 42.6 Å². The van der Waals surface area contributed by atoms with Crippen molar-refractivity contribution in [2.75, 3.05) is 116 Å². The van der Waals surface area contributed by atoms with Gasteiger partial charge in [0, 0.05) is 58.2 Å². The third-order valence-electron chi connectivity index (χ3n) is 10.1. The number of nitrogens with two attached hydrogens (primary N) is 4. The maximum Gasteiger partial charge on any atom is 0.191 e. The number of benzene rings is 2. The zero-order valence-electron chi connectivity index (χ0n) is 43.4. The molecule has 0 saturated carbocycles. The van der Waals surface area contributed by atoms with Crippen LogP contribution in [-0.4, -0.2) is 123 Å². The molecule has 74 heavy (non-hydrogen) atoms. The highest BCUT2D eigenvalue weighted by Gasteiger charge is 2.18. The molecule has 0 radical (unpaired) electrons. The molecule has 0 saturated heterocycles. The van der Waals surface area contributed by atoms with E-state index < -0.39 is 0 Å². The number of nitrogens with zero attached hydrogens (tertiary/aromatic N) is 6. The van der Waals surface area contributed by atoms with Crippen molar-refractivity contribution in [3.8, 4) is 44.1 Å². The summed E-state index contributed by atoms with van der Waals surface area (Å²) in [5.41, 5.74) is 27.2. The summed E-state index contributed by atoms with van der Waals surface area (Å²) in [6.07, 6.45) is 4.96. The molecule has 19 nitrogen and oxygen atoms in total. The van der Waals surface area contributed by atoms with E-state index in [2.05, 4.69) is 40.7 Å². The van der Waals surface area contributed by atoms with Gasteiger partial charge < -0.3 is 65.6 Å². The molecule has 404 valence electrons. The largest absolute Gasteiger partial charge is 0.493 e. The number of ether oxygens (including phenoxy) is 9. The Hall–Kier alpha value is -5.24. The van der Waals surface area contributed by atoms with E-state index >= 15 is 0 Å². The number of thioether (sulfide) groups is 2. The normalized spacial score (nSPS) is 11.1. The highest BCUT2D eigenvalue weighted by Crippen LogP contribution is 2.39. The van der Waals surface area contributed by atoms with Gasteiger partial charge >= 0.3 is 0 Å². The lowest BCUT2D eigenvalue weighted by Gasteiger charge is -2.13. The quantitative estimate of drug-likeness (QED) is 0.0166. The van der Waals surface area contributed by atoms with Gasteiger partial charge in [-0.05, 0) is 62.6 Å². The van der Waals surface area contributed by atoms with E-state index in [9.17, 15) is 0 Å². The summed E-state index contributed by atoms with van der Waals surface area (Å²) in [4.78, 5) is 29.4. The minimum Gasteiger partial charge on any atom is -0.493 e. The molecule has 0 spiro atoms. The Morgan fingerprint density at radius 1 is 0.446 bits per heavy atom. The average molecular weight is 1100 g/mol. The first kappa shape index (κ1) is 59.6. The summed E-state index contributed by atoms with van der Waals surface area (Å²) in [5.74, 6) is 5.38. The molecule has 0 fully saturated rings. The number of nitrogen functional groups attached to an aromatic ring is 4. The first-order valence-corrected chi connectivity index (χ1v) is 28.2. The lowest BCUT2D eigenvalue weighted by Crippen LogP contribution is -2.12. The molecule has 8 N–H and O–H groups in total. The van der Waals surface area contributed by atoms with Crippen LogP contribution in [-0.2, 0) is 48.0 Å². The molecule has 6 aromatic rings. The SMILES string of the molecule is CCCOCCOCCOc1cc(-c2nc(CSc3nc(N)cc(N)n3)c(CCC)s2)ccc1OC.CCCc1sc(-c2ccc(OCCOCCOCCOC)c(OCC)c2)nc1CSc1nc(N)cc(N)n1. The van der Waals surface area contributed by atoms with Crippen LogP contribution < -0.4 is 41.9 Å². The maximum absolute atomic E-state index is 5.97. The molecular weight excluding hydrogens is 1020 g/mol. The van der Waals surface area contributed by atoms with Crippen molar-refractivity contribution in [1.82, 2.24) is 29.9 Å². The lowest BCUT2D eigenvalue weighted by molar-refractivity contribution is 0.0178. The first-order chi connectivity index (χ1) is 36.1. The lowest BCUT2D eigenvalue weighted by atomic mass is 10.2. The van der Waals surface area contributed by atoms with Crippen molar-refractivity contribution in [3.63, 3.8) is 0 Å². The van der Waals surface area contributed by atoms with E-state index in [1.165, 1.54) is 33.3 Å². The monoisotopic (exact) mass is 1100 g/mol. The Kier molecular flexibility index (Phi) is 27.1. The van der Waals surface area contributed by atoms with Gasteiger partial charge in [0.05, 0.1) is 78.0 Å². The second-order valence-corrected chi connectivity index (χ2v) is 20.0. The van der Waals surface area contributed by atoms with Gasteiger partial charge in [-0.2, -0.15) is 0 Å². The fourth-order valence-corrected chi connectivity index (χ4v) is 10.9. The molecule has 4 heterocycles. The summed E-state index contributed by atoms with van der Waals surface area (Å²) in [6.45, 7) is 14.7. The molecular formula is C51H72N10O9S4. The van der Waals surface area contributed by atoms with Crippen molar-refractivity contribution in [1.29, 1.82) is 0 Å². The van der Waals surface area contributed by atoms with E-state index in [4.69, 9.17) is 75.5 Å². The molecule has 0 unspecified atom stereocenters. The molecule has 0 bridgehead atoms. The Bertz CT molecular complexity index is 2530. The molecule has 6 rings (SSSR count). The van der Waals surface area contributed by atoms with Crippen LogP contribution in [0.15, 0.2) is 58.8 Å². The van der Waals surface area contributed by atoms with Crippen LogP contribution in [0.1, 0.15) is 68.1 Å². The van der Waals surface area contributed by atoms with Gasteiger partial charge in [-0.3, -0.25) is 0 Å². The predicted octanol–water partition coefficient (Wildman–Crippen LogP) is 9.31. The van der Waals surface area contributed by atoms with Gasteiger partial charge in [0.1, 0.15) is 46.5 Å². The van der Waals surface area contributed by atoms with E-state index in [0.29, 0.717) is 141 Å². The van der Waals surface area contributed by atoms with Crippen molar-refractivity contribution in [2.24, 2.45) is 0 Å². The van der Waals surface area contributed by atoms with E-state index in [1.54, 1.807) is 49.0 Å². The zero-order chi connectivity index (χ0) is 52.9. The van der Waals surface area contributed by atoms with Crippen LogP contribution in [0.25, 0.3) is 21.1 Å². The van der Waals surface area contributed by atoms with Crippen LogP contribution in [0.5, 0.6) is 23.0 Å². The highest BCUT2D eigenvalue weighted by atomic mass is 32.2. The van der Waals surface area contributed by atoms with Crippen LogP contribution in [0.2, 0.25) is 0 Å². The molecule has 2 aromatic carbocycles. The smallest absolute Gasteiger partial charge is 0.191 e. The Morgan fingerprint density at radius 2 is 0.865 bits per heavy atom. The minimum absolute atomic E-state index is 0.358.